The lowest BCUT2D eigenvalue weighted by Gasteiger charge is -2.09. The molecule has 5 rings (SSSR count). The van der Waals surface area contributed by atoms with E-state index in [1.165, 1.54) is 27.7 Å². The van der Waals surface area contributed by atoms with E-state index < -0.39 is 5.56 Å². The van der Waals surface area contributed by atoms with Gasteiger partial charge >= 0.3 is 0 Å². The molecule has 12 heteroatoms. The highest BCUT2D eigenvalue weighted by Crippen LogP contribution is 2.31. The predicted octanol–water partition coefficient (Wildman–Crippen LogP) is 2.68. The lowest BCUT2D eigenvalue weighted by molar-refractivity contribution is 0.311. The third-order valence-corrected chi connectivity index (χ3v) is 5.21. The maximum Gasteiger partial charge on any atom is 0.283 e. The first-order valence-corrected chi connectivity index (χ1v) is 10.7. The Kier molecular flexibility index (Phi) is 5.92. The molecule has 3 heterocycles. The second-order valence-electron chi connectivity index (χ2n) is 7.54. The summed E-state index contributed by atoms with van der Waals surface area (Å²) in [6.45, 7) is 2.62. The zero-order valence-electron chi connectivity index (χ0n) is 18.9. The van der Waals surface area contributed by atoms with Crippen molar-refractivity contribution in [1.82, 2.24) is 34.7 Å². The van der Waals surface area contributed by atoms with Crippen LogP contribution in [-0.2, 0) is 13.1 Å². The van der Waals surface area contributed by atoms with Crippen LogP contribution in [0.1, 0.15) is 18.4 Å². The third-order valence-electron chi connectivity index (χ3n) is 5.21. The number of hydrogen-bond acceptors (Lipinski definition) is 9. The van der Waals surface area contributed by atoms with E-state index in [4.69, 9.17) is 14.0 Å². The molecule has 0 saturated heterocycles. The van der Waals surface area contributed by atoms with Gasteiger partial charge in [-0.1, -0.05) is 22.5 Å². The molecule has 0 saturated carbocycles. The van der Waals surface area contributed by atoms with Crippen LogP contribution in [0.4, 0.5) is 4.39 Å². The lowest BCUT2D eigenvalue weighted by Crippen LogP contribution is -2.21. The highest BCUT2D eigenvalue weighted by Gasteiger charge is 2.16. The quantitative estimate of drug-likeness (QED) is 0.332. The first kappa shape index (κ1) is 22.2. The molecule has 0 aliphatic carbocycles. The van der Waals surface area contributed by atoms with E-state index >= 15 is 0 Å². The van der Waals surface area contributed by atoms with Crippen molar-refractivity contribution < 1.29 is 18.4 Å². The van der Waals surface area contributed by atoms with Crippen LogP contribution in [0.5, 0.6) is 11.5 Å². The Morgan fingerprint density at radius 1 is 1.11 bits per heavy atom. The fourth-order valence-corrected chi connectivity index (χ4v) is 3.58. The first-order valence-electron chi connectivity index (χ1n) is 10.7. The van der Waals surface area contributed by atoms with Crippen molar-refractivity contribution >= 4 is 11.2 Å². The average molecular weight is 477 g/mol. The Labute approximate surface area is 197 Å². The molecule has 2 aromatic carbocycles. The Hall–Kier alpha value is -4.61. The molecule has 5 aromatic rings. The van der Waals surface area contributed by atoms with Gasteiger partial charge in [-0.2, -0.15) is 4.98 Å². The number of halogens is 1. The molecule has 0 N–H and O–H groups in total. The Morgan fingerprint density at radius 2 is 2.00 bits per heavy atom. The van der Waals surface area contributed by atoms with Crippen molar-refractivity contribution in [3.05, 3.63) is 76.4 Å². The topological polar surface area (TPSA) is 123 Å². The van der Waals surface area contributed by atoms with Gasteiger partial charge in [-0.05, 0) is 42.8 Å². The van der Waals surface area contributed by atoms with Gasteiger partial charge in [0.25, 0.3) is 5.56 Å². The minimum absolute atomic E-state index is 0.000303. The van der Waals surface area contributed by atoms with Crippen LogP contribution in [0.25, 0.3) is 22.6 Å². The molecule has 0 aliphatic rings. The van der Waals surface area contributed by atoms with E-state index in [1.54, 1.807) is 37.4 Å². The van der Waals surface area contributed by atoms with Gasteiger partial charge in [0.15, 0.2) is 22.7 Å². The number of rotatable bonds is 8. The van der Waals surface area contributed by atoms with Gasteiger partial charge in [-0.25, -0.2) is 14.1 Å². The van der Waals surface area contributed by atoms with Crippen LogP contribution < -0.4 is 15.0 Å². The predicted molar refractivity (Wildman–Crippen MR) is 122 cm³/mol. The van der Waals surface area contributed by atoms with E-state index in [0.29, 0.717) is 40.7 Å². The summed E-state index contributed by atoms with van der Waals surface area (Å²) in [6.07, 6.45) is 1.36. The normalized spacial score (nSPS) is 11.2. The first-order chi connectivity index (χ1) is 17.1. The smallest absolute Gasteiger partial charge is 0.283 e. The lowest BCUT2D eigenvalue weighted by atomic mass is 10.2. The number of ether oxygens (including phenoxy) is 2. The van der Waals surface area contributed by atoms with Gasteiger partial charge in [0, 0.05) is 5.56 Å². The molecule has 0 amide bonds. The second-order valence-corrected chi connectivity index (χ2v) is 7.54. The maximum absolute atomic E-state index is 13.5. The van der Waals surface area contributed by atoms with Crippen molar-refractivity contribution in [3.63, 3.8) is 0 Å². The van der Waals surface area contributed by atoms with Crippen LogP contribution in [0, 0.1) is 5.82 Å². The Bertz CT molecular complexity index is 1560. The summed E-state index contributed by atoms with van der Waals surface area (Å²) in [5, 5.41) is 12.0. The number of nitrogens with zero attached hydrogens (tertiary/aromatic N) is 7. The Balaban J connectivity index is 1.38. The molecule has 35 heavy (non-hydrogen) atoms. The van der Waals surface area contributed by atoms with Crippen molar-refractivity contribution in [3.8, 4) is 22.9 Å². The van der Waals surface area contributed by atoms with Crippen molar-refractivity contribution in [2.75, 3.05) is 13.7 Å². The molecule has 0 radical (unpaired) electrons. The summed E-state index contributed by atoms with van der Waals surface area (Å²) in [5.41, 5.74) is 1.31. The van der Waals surface area contributed by atoms with E-state index in [0.717, 1.165) is 0 Å². The van der Waals surface area contributed by atoms with Crippen LogP contribution in [0.2, 0.25) is 0 Å². The summed E-state index contributed by atoms with van der Waals surface area (Å²) in [4.78, 5) is 21.6. The van der Waals surface area contributed by atoms with E-state index in [9.17, 15) is 9.18 Å². The van der Waals surface area contributed by atoms with Gasteiger partial charge in [-0.15, -0.1) is 5.10 Å². The van der Waals surface area contributed by atoms with Crippen molar-refractivity contribution in [2.45, 2.75) is 20.0 Å². The van der Waals surface area contributed by atoms with Gasteiger partial charge in [0.05, 0.1) is 20.3 Å². The molecule has 0 aliphatic heterocycles. The summed E-state index contributed by atoms with van der Waals surface area (Å²) in [7, 11) is 1.55. The SMILES string of the molecule is CCOc1ccc(-c2noc(Cn3cnc4c(nnn4Cc4cccc(F)c4)c3=O)n2)cc1OC. The number of benzene rings is 2. The van der Waals surface area contributed by atoms with E-state index in [2.05, 4.69) is 25.4 Å². The number of methoxy groups -OCH3 is 1. The maximum atomic E-state index is 13.5. The molecular formula is C23H20FN7O4. The molecular weight excluding hydrogens is 457 g/mol. The zero-order chi connectivity index (χ0) is 24.4. The standard InChI is InChI=1S/C23H20FN7O4/c1-3-34-17-8-7-15(10-18(17)33-2)21-26-19(35-28-21)12-30-13-25-22-20(23(30)32)27-29-31(22)11-14-5-4-6-16(24)9-14/h4-10,13H,3,11-12H2,1-2H3. The summed E-state index contributed by atoms with van der Waals surface area (Å²) >= 11 is 0. The van der Waals surface area contributed by atoms with Crippen molar-refractivity contribution in [1.29, 1.82) is 0 Å². The van der Waals surface area contributed by atoms with Gasteiger partial charge in [0.1, 0.15) is 18.7 Å². The van der Waals surface area contributed by atoms with E-state index in [1.807, 2.05) is 6.92 Å². The van der Waals surface area contributed by atoms with Crippen LogP contribution in [0.3, 0.4) is 0 Å². The second kappa shape index (κ2) is 9.33. The molecule has 0 atom stereocenters. The van der Waals surface area contributed by atoms with Crippen LogP contribution in [0.15, 0.2) is 58.1 Å². The highest BCUT2D eigenvalue weighted by molar-refractivity contribution is 5.67. The number of aromatic nitrogens is 7. The van der Waals surface area contributed by atoms with Crippen LogP contribution >= 0.6 is 0 Å². The molecule has 3 aromatic heterocycles. The molecule has 0 unspecified atom stereocenters. The number of fused-ring (bicyclic) bond motifs is 1. The van der Waals surface area contributed by atoms with Crippen molar-refractivity contribution in [2.24, 2.45) is 0 Å². The zero-order valence-corrected chi connectivity index (χ0v) is 18.9. The fraction of sp³-hybridized carbons (Fsp3) is 0.217. The van der Waals surface area contributed by atoms with E-state index in [-0.39, 0.29) is 30.3 Å². The summed E-state index contributed by atoms with van der Waals surface area (Å²) in [6, 6.07) is 11.4. The third kappa shape index (κ3) is 4.45. The minimum atomic E-state index is -0.414. The minimum Gasteiger partial charge on any atom is -0.493 e. The largest absolute Gasteiger partial charge is 0.493 e. The fourth-order valence-electron chi connectivity index (χ4n) is 3.58. The number of hydrogen-bond donors (Lipinski definition) is 0. The Morgan fingerprint density at radius 3 is 2.80 bits per heavy atom. The monoisotopic (exact) mass is 477 g/mol. The summed E-state index contributed by atoms with van der Waals surface area (Å²) < 4.78 is 32.5. The van der Waals surface area contributed by atoms with Gasteiger partial charge in [0.2, 0.25) is 11.7 Å². The van der Waals surface area contributed by atoms with Gasteiger partial charge < -0.3 is 14.0 Å². The average Bonchev–Trinajstić information content (AvgIpc) is 3.49. The van der Waals surface area contributed by atoms with Crippen LogP contribution in [-0.4, -0.2) is 48.4 Å². The summed E-state index contributed by atoms with van der Waals surface area (Å²) in [5.74, 6) is 1.35. The molecule has 0 bridgehead atoms. The van der Waals surface area contributed by atoms with Gasteiger partial charge in [-0.3, -0.25) is 9.36 Å². The molecule has 178 valence electrons. The molecule has 0 fully saturated rings. The highest BCUT2D eigenvalue weighted by atomic mass is 19.1. The molecule has 11 nitrogen and oxygen atoms in total. The molecule has 0 spiro atoms.